The molecule has 0 N–H and O–H groups in total. The highest BCUT2D eigenvalue weighted by Gasteiger charge is 2.35. The van der Waals surface area contributed by atoms with Crippen molar-refractivity contribution in [2.24, 2.45) is 5.92 Å². The average Bonchev–Trinajstić information content (AvgIpc) is 2.18. The number of methoxy groups -OCH3 is 1. The summed E-state index contributed by atoms with van der Waals surface area (Å²) in [5, 5.41) is 0. The van der Waals surface area contributed by atoms with E-state index in [0.717, 1.165) is 0 Å². The molecule has 15 heavy (non-hydrogen) atoms. The molecule has 0 aliphatic heterocycles. The van der Waals surface area contributed by atoms with Crippen molar-refractivity contribution in [2.75, 3.05) is 13.9 Å². The van der Waals surface area contributed by atoms with Crippen molar-refractivity contribution in [3.63, 3.8) is 0 Å². The molecule has 0 heterocycles. The van der Waals surface area contributed by atoms with E-state index in [4.69, 9.17) is 4.74 Å². The molecule has 0 aromatic heterocycles. The zero-order chi connectivity index (χ0) is 11.3. The van der Waals surface area contributed by atoms with Crippen molar-refractivity contribution >= 4 is 5.97 Å². The first-order valence-electron chi connectivity index (χ1n) is 5.06. The number of carbonyl (C=O) groups excluding carboxylic acids is 1. The zero-order valence-corrected chi connectivity index (χ0v) is 8.80. The van der Waals surface area contributed by atoms with Crippen molar-refractivity contribution in [1.82, 2.24) is 0 Å². The van der Waals surface area contributed by atoms with Gasteiger partial charge in [0.2, 0.25) is 5.92 Å². The fraction of sp³-hybridized carbons (Fsp3) is 0.900. The molecule has 88 valence electrons. The van der Waals surface area contributed by atoms with E-state index in [2.05, 4.69) is 4.74 Å². The Balaban J connectivity index is 2.21. The molecular weight excluding hydrogens is 206 g/mol. The summed E-state index contributed by atoms with van der Waals surface area (Å²) in [5.41, 5.74) is 0. The first kappa shape index (κ1) is 12.4. The molecule has 1 aliphatic carbocycles. The number of carbonyl (C=O) groups is 1. The molecular formula is C10H16F2O3. The second-order valence-corrected chi connectivity index (χ2v) is 3.93. The monoisotopic (exact) mass is 222 g/mol. The number of esters is 1. The first-order chi connectivity index (χ1) is 7.03. The number of halogens is 2. The van der Waals surface area contributed by atoms with Gasteiger partial charge in [-0.05, 0) is 18.8 Å². The Morgan fingerprint density at radius 1 is 1.40 bits per heavy atom. The SMILES string of the molecule is COCOC(=O)CC1CCC(F)(F)CC1. The molecule has 1 saturated carbocycles. The Bertz CT molecular complexity index is 209. The Labute approximate surface area is 87.7 Å². The minimum Gasteiger partial charge on any atom is -0.438 e. The van der Waals surface area contributed by atoms with Gasteiger partial charge >= 0.3 is 5.97 Å². The van der Waals surface area contributed by atoms with Crippen LogP contribution in [0.1, 0.15) is 32.1 Å². The number of hydrogen-bond acceptors (Lipinski definition) is 3. The average molecular weight is 222 g/mol. The second-order valence-electron chi connectivity index (χ2n) is 3.93. The molecule has 1 rings (SSSR count). The van der Waals surface area contributed by atoms with Gasteiger partial charge in [0, 0.05) is 26.4 Å². The number of hydrogen-bond donors (Lipinski definition) is 0. The van der Waals surface area contributed by atoms with Crippen molar-refractivity contribution < 1.29 is 23.0 Å². The highest BCUT2D eigenvalue weighted by molar-refractivity contribution is 5.69. The van der Waals surface area contributed by atoms with Gasteiger partial charge in [0.25, 0.3) is 0 Å². The van der Waals surface area contributed by atoms with E-state index in [1.165, 1.54) is 7.11 Å². The van der Waals surface area contributed by atoms with Gasteiger partial charge in [-0.25, -0.2) is 8.78 Å². The van der Waals surface area contributed by atoms with Crippen LogP contribution in [0.15, 0.2) is 0 Å². The van der Waals surface area contributed by atoms with Crippen LogP contribution in [-0.2, 0) is 14.3 Å². The Morgan fingerprint density at radius 2 is 2.00 bits per heavy atom. The maximum absolute atomic E-state index is 12.8. The predicted octanol–water partition coefficient (Wildman–Crippen LogP) is 2.35. The van der Waals surface area contributed by atoms with E-state index >= 15 is 0 Å². The molecule has 0 saturated heterocycles. The van der Waals surface area contributed by atoms with Crippen molar-refractivity contribution in [2.45, 2.75) is 38.0 Å². The van der Waals surface area contributed by atoms with Gasteiger partial charge in [-0.3, -0.25) is 4.79 Å². The highest BCUT2D eigenvalue weighted by atomic mass is 19.3. The lowest BCUT2D eigenvalue weighted by molar-refractivity contribution is -0.156. The molecule has 0 amide bonds. The molecule has 3 nitrogen and oxygen atoms in total. The van der Waals surface area contributed by atoms with Crippen molar-refractivity contribution in [3.8, 4) is 0 Å². The maximum atomic E-state index is 12.8. The van der Waals surface area contributed by atoms with Crippen LogP contribution in [0.2, 0.25) is 0 Å². The summed E-state index contributed by atoms with van der Waals surface area (Å²) < 4.78 is 34.8. The van der Waals surface area contributed by atoms with E-state index < -0.39 is 5.92 Å². The summed E-state index contributed by atoms with van der Waals surface area (Å²) in [6.45, 7) is -0.0677. The van der Waals surface area contributed by atoms with Crippen LogP contribution >= 0.6 is 0 Å². The van der Waals surface area contributed by atoms with E-state index in [-0.39, 0.29) is 37.9 Å². The summed E-state index contributed by atoms with van der Waals surface area (Å²) in [6, 6.07) is 0. The molecule has 0 atom stereocenters. The fourth-order valence-electron chi connectivity index (χ4n) is 1.72. The third kappa shape index (κ3) is 4.55. The molecule has 1 aliphatic rings. The van der Waals surface area contributed by atoms with Crippen LogP contribution in [0.3, 0.4) is 0 Å². The smallest absolute Gasteiger partial charge is 0.308 e. The second kappa shape index (κ2) is 5.39. The summed E-state index contributed by atoms with van der Waals surface area (Å²) in [5.74, 6) is -2.87. The van der Waals surface area contributed by atoms with Crippen LogP contribution < -0.4 is 0 Å². The molecule has 5 heteroatoms. The Kier molecular flexibility index (Phi) is 4.45. The van der Waals surface area contributed by atoms with Crippen molar-refractivity contribution in [1.29, 1.82) is 0 Å². The minimum atomic E-state index is -2.53. The van der Waals surface area contributed by atoms with E-state index in [1.807, 2.05) is 0 Å². The van der Waals surface area contributed by atoms with Gasteiger partial charge < -0.3 is 9.47 Å². The number of ether oxygens (including phenoxy) is 2. The standard InChI is InChI=1S/C10H16F2O3/c1-14-7-15-9(13)6-8-2-4-10(11,12)5-3-8/h8H,2-7H2,1H3. The van der Waals surface area contributed by atoms with Crippen LogP contribution in [0.25, 0.3) is 0 Å². The fourth-order valence-corrected chi connectivity index (χ4v) is 1.72. The lowest BCUT2D eigenvalue weighted by Gasteiger charge is -2.27. The van der Waals surface area contributed by atoms with Gasteiger partial charge in [-0.1, -0.05) is 0 Å². The van der Waals surface area contributed by atoms with Gasteiger partial charge in [0.15, 0.2) is 6.79 Å². The summed E-state index contributed by atoms with van der Waals surface area (Å²) >= 11 is 0. The molecule has 0 unspecified atom stereocenters. The van der Waals surface area contributed by atoms with Crippen LogP contribution in [0.5, 0.6) is 0 Å². The largest absolute Gasteiger partial charge is 0.438 e. The first-order valence-corrected chi connectivity index (χ1v) is 5.06. The van der Waals surface area contributed by atoms with E-state index in [0.29, 0.717) is 12.8 Å². The summed E-state index contributed by atoms with van der Waals surface area (Å²) in [4.78, 5) is 11.1. The van der Waals surface area contributed by atoms with Gasteiger partial charge in [-0.2, -0.15) is 0 Å². The molecule has 0 bridgehead atoms. The maximum Gasteiger partial charge on any atom is 0.308 e. The molecule has 0 spiro atoms. The number of alkyl halides is 2. The van der Waals surface area contributed by atoms with Crippen LogP contribution in [0, 0.1) is 5.92 Å². The summed E-state index contributed by atoms with van der Waals surface area (Å²) in [7, 11) is 1.43. The predicted molar refractivity (Wildman–Crippen MR) is 49.5 cm³/mol. The van der Waals surface area contributed by atoms with Crippen molar-refractivity contribution in [3.05, 3.63) is 0 Å². The molecule has 0 aromatic rings. The van der Waals surface area contributed by atoms with Crippen LogP contribution in [0.4, 0.5) is 8.78 Å². The third-order valence-electron chi connectivity index (χ3n) is 2.63. The van der Waals surface area contributed by atoms with Crippen LogP contribution in [-0.4, -0.2) is 25.8 Å². The lowest BCUT2D eigenvalue weighted by atomic mass is 9.85. The van der Waals surface area contributed by atoms with E-state index in [1.54, 1.807) is 0 Å². The molecule has 0 radical (unpaired) electrons. The van der Waals surface area contributed by atoms with E-state index in [9.17, 15) is 13.6 Å². The Morgan fingerprint density at radius 3 is 2.53 bits per heavy atom. The number of rotatable bonds is 4. The lowest BCUT2D eigenvalue weighted by Crippen LogP contribution is -2.26. The third-order valence-corrected chi connectivity index (χ3v) is 2.63. The molecule has 0 aromatic carbocycles. The van der Waals surface area contributed by atoms with Gasteiger partial charge in [0.05, 0.1) is 0 Å². The topological polar surface area (TPSA) is 35.5 Å². The highest BCUT2D eigenvalue weighted by Crippen LogP contribution is 2.37. The van der Waals surface area contributed by atoms with Gasteiger partial charge in [0.1, 0.15) is 0 Å². The van der Waals surface area contributed by atoms with Gasteiger partial charge in [-0.15, -0.1) is 0 Å². The Hall–Kier alpha value is -0.710. The minimum absolute atomic E-state index is 0.0361. The quantitative estimate of drug-likeness (QED) is 0.541. The molecule has 1 fully saturated rings. The normalized spacial score (nSPS) is 21.3. The zero-order valence-electron chi connectivity index (χ0n) is 8.80. The summed E-state index contributed by atoms with van der Waals surface area (Å²) in [6.07, 6.45) is 0.786.